The van der Waals surface area contributed by atoms with Crippen molar-refractivity contribution < 1.29 is 14.0 Å². The molecule has 0 aliphatic carbocycles. The van der Waals surface area contributed by atoms with E-state index in [0.29, 0.717) is 36.8 Å². The van der Waals surface area contributed by atoms with Gasteiger partial charge in [-0.3, -0.25) is 9.36 Å². The molecule has 8 nitrogen and oxygen atoms in total. The minimum atomic E-state index is -0.355. The topological polar surface area (TPSA) is 92.2 Å². The van der Waals surface area contributed by atoms with Gasteiger partial charge >= 0.3 is 6.03 Å². The van der Waals surface area contributed by atoms with E-state index in [4.69, 9.17) is 0 Å². The van der Waals surface area contributed by atoms with E-state index in [0.717, 1.165) is 5.69 Å². The number of rotatable bonds is 6. The average Bonchev–Trinajstić information content (AvgIpc) is 3.30. The van der Waals surface area contributed by atoms with Gasteiger partial charge in [0.15, 0.2) is 5.16 Å². The molecule has 0 radical (unpaired) electrons. The number of urea groups is 1. The van der Waals surface area contributed by atoms with Crippen LogP contribution in [0.15, 0.2) is 53.9 Å². The third-order valence-electron chi connectivity index (χ3n) is 5.89. The van der Waals surface area contributed by atoms with E-state index in [1.54, 1.807) is 6.33 Å². The fourth-order valence-electron chi connectivity index (χ4n) is 3.75. The van der Waals surface area contributed by atoms with Gasteiger partial charge in [0, 0.05) is 30.5 Å². The summed E-state index contributed by atoms with van der Waals surface area (Å²) in [7, 11) is 0. The van der Waals surface area contributed by atoms with Crippen LogP contribution in [-0.4, -0.2) is 56.5 Å². The van der Waals surface area contributed by atoms with Crippen molar-refractivity contribution in [3.05, 3.63) is 65.7 Å². The normalized spacial score (nSPS) is 14.1. The van der Waals surface area contributed by atoms with Crippen LogP contribution >= 0.6 is 11.8 Å². The molecule has 0 atom stereocenters. The molecular formula is C24H27FN6O2S. The molecule has 1 aromatic heterocycles. The highest BCUT2D eigenvalue weighted by molar-refractivity contribution is 7.99. The van der Waals surface area contributed by atoms with Gasteiger partial charge in [-0.15, -0.1) is 10.2 Å². The zero-order chi connectivity index (χ0) is 24.1. The largest absolute Gasteiger partial charge is 0.342 e. The number of nitrogens with one attached hydrogen (secondary N) is 2. The van der Waals surface area contributed by atoms with Crippen molar-refractivity contribution in [3.8, 4) is 5.69 Å². The molecule has 0 saturated carbocycles. The van der Waals surface area contributed by atoms with Gasteiger partial charge in [0.1, 0.15) is 12.1 Å². The SMILES string of the molecule is Cc1ccc(-n2cnnc2SCC(=O)N2CCC(NC(=O)Nc3ccc(F)cc3)CC2)cc1C. The number of benzene rings is 2. The summed E-state index contributed by atoms with van der Waals surface area (Å²) in [5.74, 6) is -0.0485. The first kappa shape index (κ1) is 23.7. The molecule has 0 bridgehead atoms. The van der Waals surface area contributed by atoms with E-state index >= 15 is 0 Å². The highest BCUT2D eigenvalue weighted by Gasteiger charge is 2.24. The first-order valence-corrected chi connectivity index (χ1v) is 12.1. The number of amides is 3. The van der Waals surface area contributed by atoms with Crippen LogP contribution in [0.3, 0.4) is 0 Å². The van der Waals surface area contributed by atoms with Gasteiger partial charge in [0.25, 0.3) is 0 Å². The summed E-state index contributed by atoms with van der Waals surface area (Å²) in [6, 6.07) is 11.4. The minimum Gasteiger partial charge on any atom is -0.342 e. The maximum absolute atomic E-state index is 13.0. The summed E-state index contributed by atoms with van der Waals surface area (Å²) >= 11 is 1.37. The fourth-order valence-corrected chi connectivity index (χ4v) is 4.58. The van der Waals surface area contributed by atoms with Crippen molar-refractivity contribution in [2.45, 2.75) is 37.9 Å². The maximum Gasteiger partial charge on any atom is 0.319 e. The highest BCUT2D eigenvalue weighted by Crippen LogP contribution is 2.22. The monoisotopic (exact) mass is 482 g/mol. The number of likely N-dealkylation sites (tertiary alicyclic amines) is 1. The lowest BCUT2D eigenvalue weighted by Crippen LogP contribution is -2.48. The lowest BCUT2D eigenvalue weighted by atomic mass is 10.1. The third-order valence-corrected chi connectivity index (χ3v) is 6.82. The summed E-state index contributed by atoms with van der Waals surface area (Å²) in [5, 5.41) is 14.5. The predicted molar refractivity (Wildman–Crippen MR) is 130 cm³/mol. The number of halogens is 1. The first-order valence-electron chi connectivity index (χ1n) is 11.1. The number of aromatic nitrogens is 3. The summed E-state index contributed by atoms with van der Waals surface area (Å²) in [5.41, 5.74) is 3.89. The van der Waals surface area contributed by atoms with Crippen molar-refractivity contribution in [2.24, 2.45) is 0 Å². The average molecular weight is 483 g/mol. The van der Waals surface area contributed by atoms with E-state index in [-0.39, 0.29) is 29.6 Å². The number of anilines is 1. The van der Waals surface area contributed by atoms with Crippen LogP contribution in [0.25, 0.3) is 5.69 Å². The van der Waals surface area contributed by atoms with Crippen LogP contribution in [0.5, 0.6) is 0 Å². The fraction of sp³-hybridized carbons (Fsp3) is 0.333. The standard InChI is InChI=1S/C24H27FN6O2S/c1-16-3-8-21(13-17(16)2)31-15-26-29-24(31)34-14-22(32)30-11-9-20(10-12-30)28-23(33)27-19-6-4-18(25)5-7-19/h3-8,13,15,20H,9-12,14H2,1-2H3,(H2,27,28,33). The molecule has 3 aromatic rings. The quantitative estimate of drug-likeness (QED) is 0.520. The van der Waals surface area contributed by atoms with Crippen LogP contribution in [0.4, 0.5) is 14.9 Å². The molecule has 0 unspecified atom stereocenters. The number of thioether (sulfide) groups is 1. The van der Waals surface area contributed by atoms with Crippen LogP contribution < -0.4 is 10.6 Å². The van der Waals surface area contributed by atoms with E-state index in [2.05, 4.69) is 46.8 Å². The molecule has 3 amide bonds. The second-order valence-electron chi connectivity index (χ2n) is 8.30. The van der Waals surface area contributed by atoms with Crippen LogP contribution in [0.2, 0.25) is 0 Å². The number of piperidine rings is 1. The number of carbonyl (C=O) groups is 2. The molecule has 1 aliphatic rings. The van der Waals surface area contributed by atoms with Gasteiger partial charge in [-0.25, -0.2) is 9.18 Å². The number of carbonyl (C=O) groups excluding carboxylic acids is 2. The van der Waals surface area contributed by atoms with Gasteiger partial charge in [-0.2, -0.15) is 0 Å². The van der Waals surface area contributed by atoms with Crippen LogP contribution in [-0.2, 0) is 4.79 Å². The molecular weight excluding hydrogens is 455 g/mol. The molecule has 4 rings (SSSR count). The van der Waals surface area contributed by atoms with Crippen molar-refractivity contribution in [3.63, 3.8) is 0 Å². The number of hydrogen-bond acceptors (Lipinski definition) is 5. The Bertz CT molecular complexity index is 1160. The molecule has 1 saturated heterocycles. The molecule has 2 aromatic carbocycles. The van der Waals surface area contributed by atoms with E-state index in [1.165, 1.54) is 47.2 Å². The Labute approximate surface area is 201 Å². The molecule has 0 spiro atoms. The van der Waals surface area contributed by atoms with Gasteiger partial charge in [-0.1, -0.05) is 17.8 Å². The van der Waals surface area contributed by atoms with Crippen molar-refractivity contribution >= 4 is 29.4 Å². The number of nitrogens with zero attached hydrogens (tertiary/aromatic N) is 4. The summed E-state index contributed by atoms with van der Waals surface area (Å²) in [6.45, 7) is 5.27. The van der Waals surface area contributed by atoms with Gasteiger partial charge in [0.05, 0.1) is 5.75 Å². The second kappa shape index (κ2) is 10.7. The number of hydrogen-bond donors (Lipinski definition) is 2. The Morgan fingerprint density at radius 3 is 2.53 bits per heavy atom. The summed E-state index contributed by atoms with van der Waals surface area (Å²) in [4.78, 5) is 26.8. The van der Waals surface area contributed by atoms with Crippen molar-refractivity contribution in [1.29, 1.82) is 0 Å². The zero-order valence-electron chi connectivity index (χ0n) is 19.1. The molecule has 2 heterocycles. The Hall–Kier alpha value is -3.40. The molecule has 10 heteroatoms. The molecule has 2 N–H and O–H groups in total. The van der Waals surface area contributed by atoms with Gasteiger partial charge in [0.2, 0.25) is 5.91 Å². The first-order chi connectivity index (χ1) is 16.4. The lowest BCUT2D eigenvalue weighted by molar-refractivity contribution is -0.129. The Morgan fingerprint density at radius 1 is 1.09 bits per heavy atom. The predicted octanol–water partition coefficient (Wildman–Crippen LogP) is 3.93. The van der Waals surface area contributed by atoms with E-state index in [9.17, 15) is 14.0 Å². The van der Waals surface area contributed by atoms with Gasteiger partial charge in [-0.05, 0) is 74.2 Å². The van der Waals surface area contributed by atoms with E-state index in [1.807, 2.05) is 15.5 Å². The molecule has 1 fully saturated rings. The van der Waals surface area contributed by atoms with Gasteiger partial charge < -0.3 is 15.5 Å². The Balaban J connectivity index is 1.24. The van der Waals surface area contributed by atoms with Crippen molar-refractivity contribution in [1.82, 2.24) is 25.0 Å². The van der Waals surface area contributed by atoms with Crippen molar-refractivity contribution in [2.75, 3.05) is 24.2 Å². The number of aryl methyl sites for hydroxylation is 2. The minimum absolute atomic E-state index is 0.0231. The molecule has 178 valence electrons. The Morgan fingerprint density at radius 2 is 1.82 bits per heavy atom. The second-order valence-corrected chi connectivity index (χ2v) is 9.24. The highest BCUT2D eigenvalue weighted by atomic mass is 32.2. The summed E-state index contributed by atoms with van der Waals surface area (Å²) in [6.07, 6.45) is 3.00. The lowest BCUT2D eigenvalue weighted by Gasteiger charge is -2.32. The smallest absolute Gasteiger partial charge is 0.319 e. The molecule has 1 aliphatic heterocycles. The molecule has 34 heavy (non-hydrogen) atoms. The van der Waals surface area contributed by atoms with Crippen LogP contribution in [0.1, 0.15) is 24.0 Å². The maximum atomic E-state index is 13.0. The zero-order valence-corrected chi connectivity index (χ0v) is 19.9. The summed E-state index contributed by atoms with van der Waals surface area (Å²) < 4.78 is 14.9. The Kier molecular flexibility index (Phi) is 7.46. The van der Waals surface area contributed by atoms with Crippen LogP contribution in [0, 0.1) is 19.7 Å². The third kappa shape index (κ3) is 5.93. The van der Waals surface area contributed by atoms with E-state index < -0.39 is 0 Å².